The molecule has 0 saturated carbocycles. The van der Waals surface area contributed by atoms with E-state index < -0.39 is 18.6 Å². The van der Waals surface area contributed by atoms with Crippen molar-refractivity contribution in [3.8, 4) is 6.07 Å². The molecule has 0 fully saturated rings. The number of aliphatic hydroxyl groups is 1. The second kappa shape index (κ2) is 6.09. The molecule has 6 heteroatoms. The van der Waals surface area contributed by atoms with Crippen molar-refractivity contribution in [1.82, 2.24) is 0 Å². The van der Waals surface area contributed by atoms with Gasteiger partial charge in [-0.3, -0.25) is 0 Å². The van der Waals surface area contributed by atoms with E-state index in [0.717, 1.165) is 0 Å². The summed E-state index contributed by atoms with van der Waals surface area (Å²) in [5.74, 6) is -0.576. The van der Waals surface area contributed by atoms with Gasteiger partial charge in [0.25, 0.3) is 0 Å². The summed E-state index contributed by atoms with van der Waals surface area (Å²) in [5, 5.41) is 20.7. The van der Waals surface area contributed by atoms with Gasteiger partial charge in [-0.25, -0.2) is 4.79 Å². The van der Waals surface area contributed by atoms with E-state index in [2.05, 4.69) is 10.1 Å². The molecule has 1 aromatic rings. The van der Waals surface area contributed by atoms with Gasteiger partial charge in [0.05, 0.1) is 24.3 Å². The molecule has 1 unspecified atom stereocenters. The first-order valence-electron chi connectivity index (χ1n) is 4.77. The van der Waals surface area contributed by atoms with Gasteiger partial charge in [0.15, 0.2) is 0 Å². The maximum Gasteiger partial charge on any atom is 0.330 e. The molecule has 5 nitrogen and oxygen atoms in total. The second-order valence-electron chi connectivity index (χ2n) is 3.21. The number of nitrogens with zero attached hydrogens (tertiary/aromatic N) is 1. The van der Waals surface area contributed by atoms with E-state index in [1.165, 1.54) is 19.2 Å². The number of esters is 1. The van der Waals surface area contributed by atoms with Crippen LogP contribution in [0.4, 0.5) is 5.69 Å². The summed E-state index contributed by atoms with van der Waals surface area (Å²) in [4.78, 5) is 11.2. The number of rotatable bonds is 4. The zero-order chi connectivity index (χ0) is 12.8. The first kappa shape index (κ1) is 13.3. The number of nitriles is 1. The van der Waals surface area contributed by atoms with Crippen LogP contribution in [-0.2, 0) is 9.53 Å². The molecule has 0 aromatic heterocycles. The smallest absolute Gasteiger partial charge is 0.330 e. The third-order valence-electron chi connectivity index (χ3n) is 2.10. The van der Waals surface area contributed by atoms with Crippen molar-refractivity contribution in [3.05, 3.63) is 28.8 Å². The van der Waals surface area contributed by atoms with Crippen LogP contribution in [0.1, 0.15) is 5.56 Å². The quantitative estimate of drug-likeness (QED) is 0.788. The highest BCUT2D eigenvalue weighted by molar-refractivity contribution is 6.32. The molecule has 17 heavy (non-hydrogen) atoms. The number of nitrogens with one attached hydrogen (secondary N) is 1. The minimum Gasteiger partial charge on any atom is -0.467 e. The van der Waals surface area contributed by atoms with Gasteiger partial charge < -0.3 is 15.2 Å². The minimum atomic E-state index is -0.857. The number of aliphatic hydroxyl groups excluding tert-OH is 1. The lowest BCUT2D eigenvalue weighted by atomic mass is 10.2. The molecule has 0 heterocycles. The van der Waals surface area contributed by atoms with Crippen LogP contribution in [0.3, 0.4) is 0 Å². The topological polar surface area (TPSA) is 82.3 Å². The van der Waals surface area contributed by atoms with E-state index >= 15 is 0 Å². The van der Waals surface area contributed by atoms with Crippen molar-refractivity contribution in [2.45, 2.75) is 6.04 Å². The van der Waals surface area contributed by atoms with E-state index in [0.29, 0.717) is 11.3 Å². The number of hydrogen-bond acceptors (Lipinski definition) is 5. The maximum absolute atomic E-state index is 11.2. The van der Waals surface area contributed by atoms with Gasteiger partial charge in [0.1, 0.15) is 12.1 Å². The fraction of sp³-hybridized carbons (Fsp3) is 0.273. The molecule has 1 atom stereocenters. The Labute approximate surface area is 104 Å². The molecule has 0 saturated heterocycles. The fourth-order valence-corrected chi connectivity index (χ4v) is 1.44. The summed E-state index contributed by atoms with van der Waals surface area (Å²) >= 11 is 5.83. The van der Waals surface area contributed by atoms with Crippen molar-refractivity contribution in [3.63, 3.8) is 0 Å². The summed E-state index contributed by atoms with van der Waals surface area (Å²) < 4.78 is 4.50. The van der Waals surface area contributed by atoms with Crippen LogP contribution in [0, 0.1) is 11.3 Å². The van der Waals surface area contributed by atoms with Gasteiger partial charge in [-0.15, -0.1) is 0 Å². The average Bonchev–Trinajstić information content (AvgIpc) is 2.35. The van der Waals surface area contributed by atoms with Crippen molar-refractivity contribution < 1.29 is 14.6 Å². The molecule has 0 aliphatic heterocycles. The first-order valence-corrected chi connectivity index (χ1v) is 5.15. The summed E-state index contributed by atoms with van der Waals surface area (Å²) in [6.45, 7) is -0.399. The lowest BCUT2D eigenvalue weighted by Crippen LogP contribution is -2.34. The maximum atomic E-state index is 11.2. The predicted molar refractivity (Wildman–Crippen MR) is 62.7 cm³/mol. The minimum absolute atomic E-state index is 0.277. The average molecular weight is 255 g/mol. The Balaban J connectivity index is 2.85. The number of anilines is 1. The van der Waals surface area contributed by atoms with Crippen molar-refractivity contribution in [2.75, 3.05) is 19.0 Å². The fourth-order valence-electron chi connectivity index (χ4n) is 1.22. The third-order valence-corrected chi connectivity index (χ3v) is 2.41. The molecule has 1 rings (SSSR count). The Morgan fingerprint density at radius 1 is 1.71 bits per heavy atom. The highest BCUT2D eigenvalue weighted by Gasteiger charge is 2.17. The van der Waals surface area contributed by atoms with Crippen LogP contribution in [0.15, 0.2) is 18.2 Å². The van der Waals surface area contributed by atoms with E-state index in [-0.39, 0.29) is 5.02 Å². The van der Waals surface area contributed by atoms with E-state index in [9.17, 15) is 4.79 Å². The lowest BCUT2D eigenvalue weighted by molar-refractivity contribution is -0.142. The van der Waals surface area contributed by atoms with E-state index in [4.69, 9.17) is 22.0 Å². The van der Waals surface area contributed by atoms with Gasteiger partial charge in [-0.2, -0.15) is 5.26 Å². The van der Waals surface area contributed by atoms with Crippen LogP contribution in [0.5, 0.6) is 0 Å². The second-order valence-corrected chi connectivity index (χ2v) is 3.62. The molecule has 0 radical (unpaired) electrons. The lowest BCUT2D eigenvalue weighted by Gasteiger charge is -2.15. The summed E-state index contributed by atoms with van der Waals surface area (Å²) in [6.07, 6.45) is 0. The molecule has 0 amide bonds. The summed E-state index contributed by atoms with van der Waals surface area (Å²) in [6, 6.07) is 5.69. The molecule has 90 valence electrons. The van der Waals surface area contributed by atoms with E-state index in [1.54, 1.807) is 6.07 Å². The number of hydrogen-bond donors (Lipinski definition) is 2. The number of methoxy groups -OCH3 is 1. The van der Waals surface area contributed by atoms with E-state index in [1.807, 2.05) is 6.07 Å². The molecule has 0 aliphatic carbocycles. The SMILES string of the molecule is COC(=O)C(CO)Nc1ccc(C#N)c(Cl)c1. The van der Waals surface area contributed by atoms with Crippen LogP contribution in [0.25, 0.3) is 0 Å². The standard InChI is InChI=1S/C11H11ClN2O3/c1-17-11(16)10(6-15)14-8-3-2-7(5-13)9(12)4-8/h2-4,10,14-15H,6H2,1H3. The Kier molecular flexibility index (Phi) is 4.76. The molecule has 1 aromatic carbocycles. The Morgan fingerprint density at radius 3 is 2.88 bits per heavy atom. The van der Waals surface area contributed by atoms with Crippen molar-refractivity contribution in [2.24, 2.45) is 0 Å². The molecule has 0 bridgehead atoms. The number of carbonyl (C=O) groups is 1. The van der Waals surface area contributed by atoms with Gasteiger partial charge >= 0.3 is 5.97 Å². The zero-order valence-corrected chi connectivity index (χ0v) is 9.86. The first-order chi connectivity index (χ1) is 8.12. The molecule has 0 spiro atoms. The Bertz CT molecular complexity index is 457. The number of benzene rings is 1. The molecule has 0 aliphatic rings. The zero-order valence-electron chi connectivity index (χ0n) is 9.11. The normalized spacial score (nSPS) is 11.4. The van der Waals surface area contributed by atoms with Gasteiger partial charge in [-0.05, 0) is 18.2 Å². The summed E-state index contributed by atoms with van der Waals surface area (Å²) in [7, 11) is 1.23. The van der Waals surface area contributed by atoms with Crippen LogP contribution < -0.4 is 5.32 Å². The number of carbonyl (C=O) groups excluding carboxylic acids is 1. The monoisotopic (exact) mass is 254 g/mol. The summed E-state index contributed by atoms with van der Waals surface area (Å²) in [5.41, 5.74) is 0.870. The predicted octanol–water partition coefficient (Wildman–Crippen LogP) is 1.16. The third kappa shape index (κ3) is 3.34. The van der Waals surface area contributed by atoms with Gasteiger partial charge in [0, 0.05) is 5.69 Å². The van der Waals surface area contributed by atoms with Gasteiger partial charge in [0.2, 0.25) is 0 Å². The van der Waals surface area contributed by atoms with Crippen LogP contribution in [0.2, 0.25) is 5.02 Å². The molecular formula is C11H11ClN2O3. The Hall–Kier alpha value is -1.77. The number of halogens is 1. The van der Waals surface area contributed by atoms with Gasteiger partial charge in [-0.1, -0.05) is 11.6 Å². The van der Waals surface area contributed by atoms with Crippen LogP contribution in [-0.4, -0.2) is 30.8 Å². The molecular weight excluding hydrogens is 244 g/mol. The highest BCUT2D eigenvalue weighted by atomic mass is 35.5. The van der Waals surface area contributed by atoms with Crippen LogP contribution >= 0.6 is 11.6 Å². The Morgan fingerprint density at radius 2 is 2.41 bits per heavy atom. The highest BCUT2D eigenvalue weighted by Crippen LogP contribution is 2.20. The molecule has 2 N–H and O–H groups in total. The van der Waals surface area contributed by atoms with Crippen molar-refractivity contribution >= 4 is 23.3 Å². The largest absolute Gasteiger partial charge is 0.467 e. The number of ether oxygens (including phenoxy) is 1. The van der Waals surface area contributed by atoms with Crippen molar-refractivity contribution in [1.29, 1.82) is 5.26 Å².